The van der Waals surface area contributed by atoms with Gasteiger partial charge in [0.1, 0.15) is 0 Å². The summed E-state index contributed by atoms with van der Waals surface area (Å²) in [6.07, 6.45) is 0.948. The second-order valence-electron chi connectivity index (χ2n) is 7.02. The molecule has 1 atom stereocenters. The van der Waals surface area contributed by atoms with E-state index in [0.717, 1.165) is 36.3 Å². The Hall–Kier alpha value is -1.10. The van der Waals surface area contributed by atoms with Crippen LogP contribution in [0.5, 0.6) is 0 Å². The van der Waals surface area contributed by atoms with E-state index >= 15 is 0 Å². The smallest absolute Gasteiger partial charge is 0.238 e. The van der Waals surface area contributed by atoms with E-state index in [-0.39, 0.29) is 29.8 Å². The number of likely N-dealkylation sites (tertiary alicyclic amines) is 1. The van der Waals surface area contributed by atoms with Crippen molar-refractivity contribution in [2.75, 3.05) is 25.0 Å². The molecule has 0 bridgehead atoms. The summed E-state index contributed by atoms with van der Waals surface area (Å²) in [5.41, 5.74) is 9.41. The van der Waals surface area contributed by atoms with Crippen molar-refractivity contribution in [3.63, 3.8) is 0 Å². The van der Waals surface area contributed by atoms with Crippen molar-refractivity contribution in [2.24, 2.45) is 11.1 Å². The highest BCUT2D eigenvalue weighted by molar-refractivity contribution is 5.92. The Kier molecular flexibility index (Phi) is 6.41. The minimum Gasteiger partial charge on any atom is -0.327 e. The number of piperidine rings is 1. The summed E-state index contributed by atoms with van der Waals surface area (Å²) in [7, 11) is 0. The Morgan fingerprint density at radius 3 is 2.45 bits per heavy atom. The van der Waals surface area contributed by atoms with Gasteiger partial charge in [0.05, 0.1) is 6.54 Å². The zero-order valence-corrected chi connectivity index (χ0v) is 14.8. The number of anilines is 1. The van der Waals surface area contributed by atoms with Crippen LogP contribution in [0.25, 0.3) is 0 Å². The average Bonchev–Trinajstić information content (AvgIpc) is 2.32. The maximum Gasteiger partial charge on any atom is 0.238 e. The van der Waals surface area contributed by atoms with Crippen molar-refractivity contribution in [3.05, 3.63) is 29.3 Å². The summed E-state index contributed by atoms with van der Waals surface area (Å²) >= 11 is 0. The molecule has 4 nitrogen and oxygen atoms in total. The topological polar surface area (TPSA) is 58.4 Å². The molecule has 1 aliphatic heterocycles. The van der Waals surface area contributed by atoms with Crippen LogP contribution in [0.2, 0.25) is 0 Å². The summed E-state index contributed by atoms with van der Waals surface area (Å²) in [5, 5.41) is 3.00. The lowest BCUT2D eigenvalue weighted by atomic mass is 9.80. The van der Waals surface area contributed by atoms with E-state index in [2.05, 4.69) is 30.1 Å². The Bertz CT molecular complexity index is 510. The van der Waals surface area contributed by atoms with Crippen LogP contribution in [-0.4, -0.2) is 36.5 Å². The number of nitrogens with two attached hydrogens (primary N) is 1. The van der Waals surface area contributed by atoms with Crippen molar-refractivity contribution >= 4 is 24.0 Å². The number of hydrogen-bond donors (Lipinski definition) is 2. The number of rotatable bonds is 3. The van der Waals surface area contributed by atoms with Crippen LogP contribution in [0.4, 0.5) is 5.69 Å². The van der Waals surface area contributed by atoms with E-state index in [0.29, 0.717) is 6.54 Å². The first kappa shape index (κ1) is 18.9. The first-order valence-corrected chi connectivity index (χ1v) is 7.62. The van der Waals surface area contributed by atoms with Crippen molar-refractivity contribution < 1.29 is 4.79 Å². The first-order chi connectivity index (χ1) is 9.76. The zero-order chi connectivity index (χ0) is 15.6. The van der Waals surface area contributed by atoms with Gasteiger partial charge in [-0.05, 0) is 48.9 Å². The second kappa shape index (κ2) is 7.44. The van der Waals surface area contributed by atoms with Crippen LogP contribution in [0, 0.1) is 19.3 Å². The van der Waals surface area contributed by atoms with Crippen LogP contribution >= 0.6 is 12.4 Å². The van der Waals surface area contributed by atoms with Crippen LogP contribution in [0.1, 0.15) is 31.4 Å². The molecule has 1 amide bonds. The third kappa shape index (κ3) is 4.97. The van der Waals surface area contributed by atoms with Crippen LogP contribution in [-0.2, 0) is 4.79 Å². The number of hydrogen-bond acceptors (Lipinski definition) is 3. The molecule has 1 aromatic rings. The van der Waals surface area contributed by atoms with Gasteiger partial charge in [0.2, 0.25) is 5.91 Å². The summed E-state index contributed by atoms with van der Waals surface area (Å²) in [6.45, 7) is 10.6. The number of halogens is 1. The fourth-order valence-corrected chi connectivity index (χ4v) is 3.07. The van der Waals surface area contributed by atoms with Crippen molar-refractivity contribution in [3.8, 4) is 0 Å². The van der Waals surface area contributed by atoms with E-state index in [4.69, 9.17) is 5.73 Å². The lowest BCUT2D eigenvalue weighted by molar-refractivity contribution is -0.118. The Morgan fingerprint density at radius 1 is 1.32 bits per heavy atom. The van der Waals surface area contributed by atoms with E-state index in [1.54, 1.807) is 0 Å². The number of amides is 1. The summed E-state index contributed by atoms with van der Waals surface area (Å²) in [6, 6.07) is 6.32. The van der Waals surface area contributed by atoms with E-state index in [9.17, 15) is 4.79 Å². The summed E-state index contributed by atoms with van der Waals surface area (Å²) < 4.78 is 0. The Balaban J connectivity index is 0.00000242. The Morgan fingerprint density at radius 2 is 1.91 bits per heavy atom. The highest BCUT2D eigenvalue weighted by Gasteiger charge is 2.33. The highest BCUT2D eigenvalue weighted by Crippen LogP contribution is 2.27. The highest BCUT2D eigenvalue weighted by atomic mass is 35.5. The molecule has 0 radical (unpaired) electrons. The van der Waals surface area contributed by atoms with Crippen LogP contribution in [0.3, 0.4) is 0 Å². The van der Waals surface area contributed by atoms with Gasteiger partial charge < -0.3 is 11.1 Å². The number of aryl methyl sites for hydroxylation is 2. The van der Waals surface area contributed by atoms with Gasteiger partial charge in [-0.15, -0.1) is 12.4 Å². The zero-order valence-electron chi connectivity index (χ0n) is 14.0. The molecule has 0 saturated carbocycles. The molecule has 1 unspecified atom stereocenters. The molecule has 22 heavy (non-hydrogen) atoms. The summed E-state index contributed by atoms with van der Waals surface area (Å²) in [4.78, 5) is 14.4. The SMILES string of the molecule is Cc1cc(C)cc(NC(=O)CN2CCC(N)C(C)(C)C2)c1.Cl. The molecule has 0 spiro atoms. The standard InChI is InChI=1S/C17H27N3O.ClH/c1-12-7-13(2)9-14(8-12)19-16(21)10-20-6-5-15(18)17(3,4)11-20;/h7-9,15H,5-6,10-11,18H2,1-4H3,(H,19,21);1H. The third-order valence-electron chi connectivity index (χ3n) is 4.26. The van der Waals surface area contributed by atoms with E-state index < -0.39 is 0 Å². The lowest BCUT2D eigenvalue weighted by Gasteiger charge is -2.42. The quantitative estimate of drug-likeness (QED) is 0.898. The van der Waals surface area contributed by atoms with Gasteiger partial charge in [-0.3, -0.25) is 9.69 Å². The molecule has 1 aromatic carbocycles. The fourth-order valence-electron chi connectivity index (χ4n) is 3.07. The predicted molar refractivity (Wildman–Crippen MR) is 94.6 cm³/mol. The molecule has 5 heteroatoms. The van der Waals surface area contributed by atoms with Gasteiger partial charge in [0.15, 0.2) is 0 Å². The third-order valence-corrected chi connectivity index (χ3v) is 4.26. The fraction of sp³-hybridized carbons (Fsp3) is 0.588. The van der Waals surface area contributed by atoms with E-state index in [1.807, 2.05) is 26.0 Å². The molecule has 1 saturated heterocycles. The number of carbonyl (C=O) groups excluding carboxylic acids is 1. The minimum atomic E-state index is 0. The Labute approximate surface area is 139 Å². The second-order valence-corrected chi connectivity index (χ2v) is 7.02. The predicted octanol–water partition coefficient (Wildman–Crippen LogP) is 2.72. The molecule has 1 heterocycles. The molecule has 124 valence electrons. The molecular formula is C17H28ClN3O. The molecule has 3 N–H and O–H groups in total. The normalized spacial score (nSPS) is 21.0. The van der Waals surface area contributed by atoms with Gasteiger partial charge in [-0.25, -0.2) is 0 Å². The maximum atomic E-state index is 12.2. The van der Waals surface area contributed by atoms with Crippen molar-refractivity contribution in [2.45, 2.75) is 40.2 Å². The molecule has 2 rings (SSSR count). The number of nitrogens with one attached hydrogen (secondary N) is 1. The molecule has 0 aromatic heterocycles. The summed E-state index contributed by atoms with van der Waals surface area (Å²) in [5.74, 6) is 0.0475. The van der Waals surface area contributed by atoms with Crippen LogP contribution in [0.15, 0.2) is 18.2 Å². The van der Waals surface area contributed by atoms with Gasteiger partial charge in [-0.2, -0.15) is 0 Å². The monoisotopic (exact) mass is 325 g/mol. The van der Waals surface area contributed by atoms with Gasteiger partial charge in [-0.1, -0.05) is 19.9 Å². The number of carbonyl (C=O) groups is 1. The molecule has 0 aliphatic carbocycles. The largest absolute Gasteiger partial charge is 0.327 e. The minimum absolute atomic E-state index is 0. The molecular weight excluding hydrogens is 298 g/mol. The van der Waals surface area contributed by atoms with Gasteiger partial charge >= 0.3 is 0 Å². The molecule has 1 aliphatic rings. The average molecular weight is 326 g/mol. The first-order valence-electron chi connectivity index (χ1n) is 7.62. The van der Waals surface area contributed by atoms with Gasteiger partial charge in [0.25, 0.3) is 0 Å². The number of nitrogens with zero attached hydrogens (tertiary/aromatic N) is 1. The number of benzene rings is 1. The van der Waals surface area contributed by atoms with Gasteiger partial charge in [0, 0.05) is 24.8 Å². The van der Waals surface area contributed by atoms with Crippen molar-refractivity contribution in [1.82, 2.24) is 4.90 Å². The van der Waals surface area contributed by atoms with Crippen LogP contribution < -0.4 is 11.1 Å². The molecule has 1 fully saturated rings. The maximum absolute atomic E-state index is 12.2. The lowest BCUT2D eigenvalue weighted by Crippen LogP contribution is -2.53. The van der Waals surface area contributed by atoms with Crippen molar-refractivity contribution in [1.29, 1.82) is 0 Å². The van der Waals surface area contributed by atoms with E-state index in [1.165, 1.54) is 0 Å².